The van der Waals surface area contributed by atoms with Gasteiger partial charge in [0.2, 0.25) is 5.91 Å². The number of ether oxygens (including phenoxy) is 2. The van der Waals surface area contributed by atoms with E-state index in [9.17, 15) is 14.7 Å². The van der Waals surface area contributed by atoms with Crippen LogP contribution >= 0.6 is 0 Å². The molecule has 168 valence electrons. The first-order valence-electron chi connectivity index (χ1n) is 10.6. The van der Waals surface area contributed by atoms with Crippen LogP contribution in [0.3, 0.4) is 0 Å². The van der Waals surface area contributed by atoms with Crippen molar-refractivity contribution in [2.24, 2.45) is 0 Å². The second kappa shape index (κ2) is 20.6. The molecule has 29 heavy (non-hydrogen) atoms. The van der Waals surface area contributed by atoms with Crippen LogP contribution < -0.4 is 10.1 Å². The van der Waals surface area contributed by atoms with Crippen molar-refractivity contribution in [2.45, 2.75) is 79.2 Å². The topological polar surface area (TPSA) is 84.9 Å². The first-order chi connectivity index (χ1) is 14.0. The molecule has 0 saturated carbocycles. The van der Waals surface area contributed by atoms with Crippen molar-refractivity contribution in [1.29, 1.82) is 0 Å². The molecule has 1 rings (SSSR count). The number of amides is 1. The SMILES string of the molecule is CC.CCCCCCCCC=O.COCC(=O)NCc1cc(OC)c(O)cc1C. The molecule has 0 aliphatic heterocycles. The number of aryl methyl sites for hydroxylation is 1. The summed E-state index contributed by atoms with van der Waals surface area (Å²) >= 11 is 0. The minimum atomic E-state index is -0.182. The Labute approximate surface area is 177 Å². The highest BCUT2D eigenvalue weighted by Gasteiger charge is 2.08. The van der Waals surface area contributed by atoms with Crippen LogP contribution in [-0.4, -0.2) is 38.1 Å². The van der Waals surface area contributed by atoms with Gasteiger partial charge in [0.05, 0.1) is 7.11 Å². The molecular formula is C23H41NO5. The van der Waals surface area contributed by atoms with Gasteiger partial charge in [-0.05, 0) is 36.6 Å². The van der Waals surface area contributed by atoms with E-state index in [1.165, 1.54) is 46.3 Å². The van der Waals surface area contributed by atoms with Gasteiger partial charge in [-0.3, -0.25) is 4.79 Å². The number of aldehydes is 1. The Morgan fingerprint density at radius 2 is 1.72 bits per heavy atom. The summed E-state index contributed by atoms with van der Waals surface area (Å²) in [5.74, 6) is 0.308. The van der Waals surface area contributed by atoms with Crippen molar-refractivity contribution >= 4 is 12.2 Å². The number of carbonyl (C=O) groups is 2. The number of carbonyl (C=O) groups excluding carboxylic acids is 2. The predicted octanol–water partition coefficient (Wildman–Crippen LogP) is 4.93. The Hall–Kier alpha value is -2.08. The van der Waals surface area contributed by atoms with E-state index in [0.29, 0.717) is 12.3 Å². The fraction of sp³-hybridized carbons (Fsp3) is 0.652. The van der Waals surface area contributed by atoms with E-state index < -0.39 is 0 Å². The van der Waals surface area contributed by atoms with Crippen LogP contribution in [0.5, 0.6) is 11.5 Å². The van der Waals surface area contributed by atoms with Crippen LogP contribution in [0.2, 0.25) is 0 Å². The number of nitrogens with one attached hydrogen (secondary N) is 1. The second-order valence-electron chi connectivity index (χ2n) is 6.38. The van der Waals surface area contributed by atoms with Crippen molar-refractivity contribution in [3.05, 3.63) is 23.3 Å². The highest BCUT2D eigenvalue weighted by Crippen LogP contribution is 2.28. The van der Waals surface area contributed by atoms with Crippen LogP contribution in [0.1, 0.15) is 76.8 Å². The zero-order valence-electron chi connectivity index (χ0n) is 19.2. The van der Waals surface area contributed by atoms with Gasteiger partial charge in [-0.2, -0.15) is 0 Å². The molecule has 6 heteroatoms. The summed E-state index contributed by atoms with van der Waals surface area (Å²) in [4.78, 5) is 21.1. The van der Waals surface area contributed by atoms with Gasteiger partial charge in [0, 0.05) is 20.1 Å². The van der Waals surface area contributed by atoms with Gasteiger partial charge in [-0.15, -0.1) is 0 Å². The van der Waals surface area contributed by atoms with Crippen LogP contribution in [0.4, 0.5) is 0 Å². The molecule has 0 radical (unpaired) electrons. The molecule has 0 unspecified atom stereocenters. The van der Waals surface area contributed by atoms with E-state index in [-0.39, 0.29) is 18.3 Å². The van der Waals surface area contributed by atoms with E-state index in [1.807, 2.05) is 20.8 Å². The van der Waals surface area contributed by atoms with E-state index in [2.05, 4.69) is 12.2 Å². The summed E-state index contributed by atoms with van der Waals surface area (Å²) in [7, 11) is 2.95. The Balaban J connectivity index is 0. The van der Waals surface area contributed by atoms with Gasteiger partial charge in [-0.1, -0.05) is 52.9 Å². The minimum absolute atomic E-state index is 0.0360. The van der Waals surface area contributed by atoms with E-state index in [0.717, 1.165) is 30.3 Å². The molecule has 6 nitrogen and oxygen atoms in total. The lowest BCUT2D eigenvalue weighted by Crippen LogP contribution is -2.26. The highest BCUT2D eigenvalue weighted by molar-refractivity contribution is 5.77. The molecule has 2 N–H and O–H groups in total. The number of phenols is 1. The Morgan fingerprint density at radius 3 is 2.28 bits per heavy atom. The third-order valence-corrected chi connectivity index (χ3v) is 4.06. The van der Waals surface area contributed by atoms with Crippen LogP contribution in [0, 0.1) is 6.92 Å². The van der Waals surface area contributed by atoms with E-state index in [1.54, 1.807) is 12.1 Å². The third-order valence-electron chi connectivity index (χ3n) is 4.06. The van der Waals surface area contributed by atoms with Crippen molar-refractivity contribution in [2.75, 3.05) is 20.8 Å². The number of aromatic hydroxyl groups is 1. The molecule has 0 saturated heterocycles. The number of hydrogen-bond donors (Lipinski definition) is 2. The number of rotatable bonds is 12. The van der Waals surface area contributed by atoms with Crippen LogP contribution in [0.25, 0.3) is 0 Å². The van der Waals surface area contributed by atoms with Gasteiger partial charge < -0.3 is 24.7 Å². The molecular weight excluding hydrogens is 370 g/mol. The number of benzene rings is 1. The number of phenolic OH excluding ortho intramolecular Hbond substituents is 1. The van der Waals surface area contributed by atoms with Crippen molar-refractivity contribution in [1.82, 2.24) is 5.32 Å². The summed E-state index contributed by atoms with van der Waals surface area (Å²) in [5.41, 5.74) is 1.78. The van der Waals surface area contributed by atoms with Gasteiger partial charge in [0.1, 0.15) is 12.9 Å². The fourth-order valence-corrected chi connectivity index (χ4v) is 2.45. The maximum atomic E-state index is 11.2. The normalized spacial score (nSPS) is 9.45. The highest BCUT2D eigenvalue weighted by atomic mass is 16.5. The second-order valence-corrected chi connectivity index (χ2v) is 6.38. The van der Waals surface area contributed by atoms with Gasteiger partial charge in [0.15, 0.2) is 11.5 Å². The molecule has 0 bridgehead atoms. The third kappa shape index (κ3) is 15.5. The first kappa shape index (κ1) is 29.1. The summed E-state index contributed by atoms with van der Waals surface area (Å²) in [6.07, 6.45) is 9.39. The molecule has 0 aromatic heterocycles. The van der Waals surface area contributed by atoms with Crippen LogP contribution in [-0.2, 0) is 20.9 Å². The molecule has 0 heterocycles. The molecule has 0 spiro atoms. The van der Waals surface area contributed by atoms with E-state index >= 15 is 0 Å². The molecule has 0 fully saturated rings. The zero-order valence-corrected chi connectivity index (χ0v) is 19.2. The fourth-order valence-electron chi connectivity index (χ4n) is 2.45. The first-order valence-corrected chi connectivity index (χ1v) is 10.6. The average Bonchev–Trinajstić information content (AvgIpc) is 2.72. The lowest BCUT2D eigenvalue weighted by atomic mass is 10.1. The predicted molar refractivity (Wildman–Crippen MR) is 119 cm³/mol. The maximum Gasteiger partial charge on any atom is 0.246 e. The lowest BCUT2D eigenvalue weighted by molar-refractivity contribution is -0.124. The summed E-state index contributed by atoms with van der Waals surface area (Å²) in [6, 6.07) is 3.31. The Morgan fingerprint density at radius 1 is 1.10 bits per heavy atom. The summed E-state index contributed by atoms with van der Waals surface area (Å²) in [5, 5.41) is 12.3. The molecule has 1 aromatic rings. The minimum Gasteiger partial charge on any atom is -0.504 e. The van der Waals surface area contributed by atoms with Crippen LogP contribution in [0.15, 0.2) is 12.1 Å². The molecule has 1 aromatic carbocycles. The van der Waals surface area contributed by atoms with Gasteiger partial charge in [0.25, 0.3) is 0 Å². The maximum absolute atomic E-state index is 11.2. The molecule has 1 amide bonds. The monoisotopic (exact) mass is 411 g/mol. The zero-order chi connectivity index (χ0) is 22.5. The summed E-state index contributed by atoms with van der Waals surface area (Å²) < 4.78 is 9.72. The Kier molecular flexibility index (Phi) is 20.7. The number of unbranched alkanes of at least 4 members (excludes halogenated alkanes) is 6. The Bertz CT molecular complexity index is 546. The number of hydrogen-bond acceptors (Lipinski definition) is 5. The van der Waals surface area contributed by atoms with Crippen molar-refractivity contribution in [3.63, 3.8) is 0 Å². The molecule has 0 aliphatic carbocycles. The lowest BCUT2D eigenvalue weighted by Gasteiger charge is -2.11. The summed E-state index contributed by atoms with van der Waals surface area (Å²) in [6.45, 7) is 8.49. The molecule has 0 aliphatic rings. The quantitative estimate of drug-likeness (QED) is 0.376. The van der Waals surface area contributed by atoms with E-state index in [4.69, 9.17) is 9.47 Å². The van der Waals surface area contributed by atoms with Crippen molar-refractivity contribution in [3.8, 4) is 11.5 Å². The van der Waals surface area contributed by atoms with Gasteiger partial charge in [-0.25, -0.2) is 0 Å². The smallest absolute Gasteiger partial charge is 0.246 e. The average molecular weight is 412 g/mol. The number of methoxy groups -OCH3 is 2. The van der Waals surface area contributed by atoms with Gasteiger partial charge >= 0.3 is 0 Å². The molecule has 0 atom stereocenters. The largest absolute Gasteiger partial charge is 0.504 e. The van der Waals surface area contributed by atoms with Crippen molar-refractivity contribution < 1.29 is 24.2 Å². The standard InChI is InChI=1S/C12H17NO4.C9H18O.C2H6/c1-8-4-10(14)11(17-3)5-9(8)6-13-12(15)7-16-2;1-2-3-4-5-6-7-8-9-10;1-2/h4-5,14H,6-7H2,1-3H3,(H,13,15);9H,2-8H2,1H3;1-2H3.